The molecule has 0 radical (unpaired) electrons. The van der Waals surface area contributed by atoms with Gasteiger partial charge in [0.1, 0.15) is 79.5 Å². The summed E-state index contributed by atoms with van der Waals surface area (Å²) in [6.07, 6.45) is 9.43. The summed E-state index contributed by atoms with van der Waals surface area (Å²) in [6.45, 7) is 11.3. The number of likely N-dealkylation sites (tertiary alicyclic amines) is 2. The quantitative estimate of drug-likeness (QED) is 0.0271. The molecule has 21 heteroatoms. The number of nitrogens with two attached hydrogens (primary N) is 2. The summed E-state index contributed by atoms with van der Waals surface area (Å²) in [4.78, 5) is 44.0. The molecule has 0 saturated carbocycles. The van der Waals surface area contributed by atoms with Crippen LogP contribution in [-0.4, -0.2) is 111 Å². The monoisotopic (exact) mass is 1080 g/mol. The first-order valence-electron chi connectivity index (χ1n) is 25.1. The van der Waals surface area contributed by atoms with Gasteiger partial charge in [0.05, 0.1) is 39.7 Å². The highest BCUT2D eigenvalue weighted by atomic mass is 35.5. The zero-order valence-electron chi connectivity index (χ0n) is 43.0. The van der Waals surface area contributed by atoms with Crippen molar-refractivity contribution in [3.63, 3.8) is 0 Å². The fourth-order valence-electron chi connectivity index (χ4n) is 7.89. The van der Waals surface area contributed by atoms with E-state index in [2.05, 4.69) is 45.8 Å². The first kappa shape index (κ1) is 56.3. The van der Waals surface area contributed by atoms with Gasteiger partial charge < -0.3 is 60.9 Å². The highest BCUT2D eigenvalue weighted by Crippen LogP contribution is 2.32. The van der Waals surface area contributed by atoms with Crippen molar-refractivity contribution in [2.24, 2.45) is 16.2 Å². The molecule has 4 aromatic carbocycles. The molecule has 0 atom stereocenters. The van der Waals surface area contributed by atoms with Crippen LogP contribution in [0.3, 0.4) is 0 Å². The Kier molecular flexibility index (Phi) is 21.1. The third-order valence-electron chi connectivity index (χ3n) is 12.0. The summed E-state index contributed by atoms with van der Waals surface area (Å²) in [5.74, 6) is 2.91. The topological polar surface area (TPSA) is 242 Å². The minimum atomic E-state index is -0.505. The summed E-state index contributed by atoms with van der Waals surface area (Å²) < 4.78 is 17.2. The van der Waals surface area contributed by atoms with Crippen LogP contribution in [0.4, 0.5) is 39.4 Å². The van der Waals surface area contributed by atoms with E-state index in [1.165, 1.54) is 25.1 Å². The molecule has 0 unspecified atom stereocenters. The van der Waals surface area contributed by atoms with Gasteiger partial charge in [0.2, 0.25) is 0 Å². The molecule has 2 aliphatic rings. The van der Waals surface area contributed by atoms with Gasteiger partial charge in [-0.25, -0.2) is 24.7 Å². The second-order valence-electron chi connectivity index (χ2n) is 19.1. The second-order valence-corrected chi connectivity index (χ2v) is 19.9. The number of nitrogens with zero attached hydrogens (tertiary/aromatic N) is 8. The van der Waals surface area contributed by atoms with Gasteiger partial charge >= 0.3 is 6.09 Å². The van der Waals surface area contributed by atoms with Crippen molar-refractivity contribution in [3.8, 4) is 11.5 Å². The lowest BCUT2D eigenvalue weighted by molar-refractivity contribution is 0.0122. The molecule has 2 saturated heterocycles. The molecule has 1 amide bonds. The molecule has 2 aliphatic heterocycles. The van der Waals surface area contributed by atoms with Gasteiger partial charge in [0.15, 0.2) is 0 Å². The van der Waals surface area contributed by atoms with Crippen molar-refractivity contribution in [3.05, 3.63) is 142 Å². The fourth-order valence-corrected chi connectivity index (χ4v) is 8.36. The van der Waals surface area contributed by atoms with Crippen LogP contribution in [0.1, 0.15) is 75.1 Å². The molecule has 0 aliphatic carbocycles. The summed E-state index contributed by atoms with van der Waals surface area (Å²) in [5, 5.41) is 25.1. The van der Waals surface area contributed by atoms with Crippen molar-refractivity contribution in [1.82, 2.24) is 29.7 Å². The van der Waals surface area contributed by atoms with Crippen LogP contribution in [0.2, 0.25) is 10.0 Å². The van der Waals surface area contributed by atoms with E-state index in [0.717, 1.165) is 62.9 Å². The fraction of sp³-hybridized carbons (Fsp3) is 0.364. The molecule has 7 N–H and O–H groups in total. The molecule has 6 aromatic rings. The number of aliphatic hydroxyl groups excluding tert-OH is 1. The molecule has 8 rings (SSSR count). The maximum Gasteiger partial charge on any atom is 0.410 e. The summed E-state index contributed by atoms with van der Waals surface area (Å²) in [5.41, 5.74) is 16.2. The number of carbonyl (C=O) groups excluding carboxylic acids is 1. The number of rotatable bonds is 20. The minimum Gasteiger partial charge on any atom is -0.487 e. The Labute approximate surface area is 453 Å². The van der Waals surface area contributed by atoms with Crippen LogP contribution < -0.4 is 31.6 Å². The molecule has 2 aromatic heterocycles. The number of hydrogen-bond donors (Lipinski definition) is 5. The Morgan fingerprint density at radius 3 is 1.70 bits per heavy atom. The lowest BCUT2D eigenvalue weighted by Gasteiger charge is -2.32. The number of benzene rings is 4. The number of aromatic nitrogens is 4. The first-order valence-corrected chi connectivity index (χ1v) is 25.9. The van der Waals surface area contributed by atoms with Crippen LogP contribution in [0, 0.1) is 5.92 Å². The number of piperidine rings is 2. The van der Waals surface area contributed by atoms with Gasteiger partial charge in [-0.15, -0.1) is 0 Å². The molecular weight excluding hydrogens is 1010 g/mol. The SMILES string of the molecule is CC(C)(C)OC(=O)N1CCC(CO/N=C/c2c(N)ncnc2Nc2ccc(OCc3ccccc3)c(Cl)c2)CC1.Nc1ncnc(Nc2ccc(OCc3ccccc3)c(Cl)c2)c1/C=N/OCCCN1CCC(O)CC1. The van der Waals surface area contributed by atoms with Gasteiger partial charge in [0, 0.05) is 44.1 Å². The zero-order valence-corrected chi connectivity index (χ0v) is 44.5. The maximum atomic E-state index is 12.3. The van der Waals surface area contributed by atoms with E-state index in [-0.39, 0.29) is 29.8 Å². The molecule has 0 bridgehead atoms. The van der Waals surface area contributed by atoms with E-state index in [1.807, 2.05) is 93.6 Å². The summed E-state index contributed by atoms with van der Waals surface area (Å²) in [6, 6.07) is 30.6. The number of amides is 1. The van der Waals surface area contributed by atoms with Crippen molar-refractivity contribution in [2.45, 2.75) is 77.8 Å². The van der Waals surface area contributed by atoms with E-state index in [4.69, 9.17) is 58.6 Å². The van der Waals surface area contributed by atoms with E-state index in [0.29, 0.717) is 95.2 Å². The van der Waals surface area contributed by atoms with E-state index < -0.39 is 5.60 Å². The van der Waals surface area contributed by atoms with E-state index in [9.17, 15) is 9.90 Å². The van der Waals surface area contributed by atoms with Crippen LogP contribution in [0.25, 0.3) is 0 Å². The number of nitrogen functional groups attached to an aromatic ring is 2. The number of oxime groups is 2. The smallest absolute Gasteiger partial charge is 0.410 e. The standard InChI is InChI=1S/C29H35ClN6O4.C26H31ClN6O3/c1-29(2,3)40-28(37)36-13-11-21(12-14-36)18-39-34-16-23-26(31)32-19-33-27(23)35-22-9-10-25(24(30)15-22)38-17-20-7-5-4-6-8-20;27-23-15-20(7-8-24(23)35-17-19-5-2-1-3-6-19)32-26-22(25(28)29-18-30-26)16-31-36-14-4-11-33-12-9-21(34)10-13-33/h4-10,15-16,19,21H,11-14,17-18H2,1-3H3,(H3,31,32,33,35);1-3,5-8,15-16,18,21,34H,4,9-14,17H2,(H3,28,29,30,32)/b34-16+;31-16+. The predicted octanol–water partition coefficient (Wildman–Crippen LogP) is 10.3. The number of ether oxygens (including phenoxy) is 3. The molecule has 0 spiro atoms. The molecular formula is C55H66Cl2N12O7. The molecule has 4 heterocycles. The predicted molar refractivity (Wildman–Crippen MR) is 298 cm³/mol. The second kappa shape index (κ2) is 28.4. The first-order chi connectivity index (χ1) is 36.8. The van der Waals surface area contributed by atoms with E-state index in [1.54, 1.807) is 29.2 Å². The van der Waals surface area contributed by atoms with Gasteiger partial charge in [0.25, 0.3) is 0 Å². The average Bonchev–Trinajstić information content (AvgIpc) is 3.41. The van der Waals surface area contributed by atoms with Crippen molar-refractivity contribution in [1.29, 1.82) is 0 Å². The number of halogens is 2. The van der Waals surface area contributed by atoms with Gasteiger partial charge in [-0.05, 0) is 106 Å². The molecule has 19 nitrogen and oxygen atoms in total. The van der Waals surface area contributed by atoms with Gasteiger partial charge in [-0.1, -0.05) is 94.2 Å². The molecule has 2 fully saturated rings. The van der Waals surface area contributed by atoms with Crippen molar-refractivity contribution in [2.75, 3.05) is 68.0 Å². The van der Waals surface area contributed by atoms with Crippen molar-refractivity contribution >= 4 is 76.4 Å². The largest absolute Gasteiger partial charge is 0.487 e. The highest BCUT2D eigenvalue weighted by Gasteiger charge is 2.27. The van der Waals surface area contributed by atoms with E-state index >= 15 is 0 Å². The third-order valence-corrected chi connectivity index (χ3v) is 12.6. The van der Waals surface area contributed by atoms with Crippen molar-refractivity contribution < 1.29 is 33.8 Å². The van der Waals surface area contributed by atoms with Crippen LogP contribution in [-0.2, 0) is 27.6 Å². The van der Waals surface area contributed by atoms with Crippen LogP contribution in [0.5, 0.6) is 11.5 Å². The number of carbonyl (C=O) groups is 1. The Hall–Kier alpha value is -7.45. The average molecular weight is 1080 g/mol. The Balaban J connectivity index is 0.000000222. The Morgan fingerprint density at radius 1 is 0.711 bits per heavy atom. The summed E-state index contributed by atoms with van der Waals surface area (Å²) >= 11 is 12.9. The third kappa shape index (κ3) is 18.1. The van der Waals surface area contributed by atoms with Crippen LogP contribution >= 0.6 is 23.2 Å². The summed E-state index contributed by atoms with van der Waals surface area (Å²) in [7, 11) is 0. The number of nitrogens with one attached hydrogen (secondary N) is 2. The normalized spacial score (nSPS) is 14.5. The zero-order chi connectivity index (χ0) is 53.7. The maximum absolute atomic E-state index is 12.3. The molecule has 76 heavy (non-hydrogen) atoms. The lowest BCUT2D eigenvalue weighted by Crippen LogP contribution is -2.42. The lowest BCUT2D eigenvalue weighted by atomic mass is 9.98. The Bertz CT molecular complexity index is 2830. The Morgan fingerprint density at radius 2 is 1.21 bits per heavy atom. The highest BCUT2D eigenvalue weighted by molar-refractivity contribution is 6.32. The number of hydrogen-bond acceptors (Lipinski definition) is 18. The van der Waals surface area contributed by atoms with Gasteiger partial charge in [-0.3, -0.25) is 0 Å². The molecule has 402 valence electrons. The van der Waals surface area contributed by atoms with Gasteiger partial charge in [-0.2, -0.15) is 0 Å². The number of aliphatic hydroxyl groups is 1. The number of anilines is 6. The minimum absolute atomic E-state index is 0.162. The van der Waals surface area contributed by atoms with Crippen LogP contribution in [0.15, 0.2) is 120 Å².